The zero-order chi connectivity index (χ0) is 19.2. The lowest BCUT2D eigenvalue weighted by Crippen LogP contribution is -2.46. The van der Waals surface area contributed by atoms with Crippen LogP contribution in [-0.2, 0) is 6.42 Å². The fourth-order valence-corrected chi connectivity index (χ4v) is 3.95. The number of hydrogen-bond acceptors (Lipinski definition) is 5. The Labute approximate surface area is 160 Å². The lowest BCUT2D eigenvalue weighted by molar-refractivity contribution is 0.0927. The van der Waals surface area contributed by atoms with Crippen molar-refractivity contribution in [1.29, 1.82) is 0 Å². The molecule has 1 aliphatic carbocycles. The smallest absolute Gasteiger partial charge is 0.259 e. The number of hydrogen-bond donors (Lipinski definition) is 2. The summed E-state index contributed by atoms with van der Waals surface area (Å²) in [6, 6.07) is 2.60. The number of aromatic nitrogens is 2. The Hall–Kier alpha value is -1.95. The van der Waals surface area contributed by atoms with E-state index in [0.29, 0.717) is 23.2 Å². The monoisotopic (exact) mass is 370 g/mol. The molecule has 1 saturated heterocycles. The van der Waals surface area contributed by atoms with E-state index < -0.39 is 0 Å². The van der Waals surface area contributed by atoms with E-state index in [1.54, 1.807) is 0 Å². The zero-order valence-electron chi connectivity index (χ0n) is 16.8. The number of piperidine rings is 1. The molecule has 1 amide bonds. The fraction of sp³-hybridized carbons (Fsp3) is 0.667. The maximum Gasteiger partial charge on any atom is 0.259 e. The lowest BCUT2D eigenvalue weighted by Gasteiger charge is -2.28. The minimum absolute atomic E-state index is 0.0261. The van der Waals surface area contributed by atoms with E-state index in [0.717, 1.165) is 55.4 Å². The summed E-state index contributed by atoms with van der Waals surface area (Å²) in [5, 5.41) is 11.7. The highest BCUT2D eigenvalue weighted by Gasteiger charge is 2.30. The van der Waals surface area contributed by atoms with Crippen LogP contribution in [0.5, 0.6) is 0 Å². The van der Waals surface area contributed by atoms with Crippen molar-refractivity contribution < 1.29 is 9.32 Å². The molecule has 2 atom stereocenters. The van der Waals surface area contributed by atoms with Crippen LogP contribution in [0.1, 0.15) is 81.0 Å². The van der Waals surface area contributed by atoms with Crippen LogP contribution in [0.25, 0.3) is 11.1 Å². The molecule has 2 unspecified atom stereocenters. The van der Waals surface area contributed by atoms with Crippen LogP contribution in [0.2, 0.25) is 0 Å². The Balaban J connectivity index is 1.69. The van der Waals surface area contributed by atoms with Crippen molar-refractivity contribution in [3.8, 4) is 0 Å². The molecule has 27 heavy (non-hydrogen) atoms. The molecular weight excluding hydrogens is 340 g/mol. The molecule has 1 aliphatic heterocycles. The molecule has 6 nitrogen and oxygen atoms in total. The minimum atomic E-state index is -0.0261. The molecule has 0 bridgehead atoms. The van der Waals surface area contributed by atoms with Crippen molar-refractivity contribution >= 4 is 17.0 Å². The molecule has 0 radical (unpaired) electrons. The second-order valence-electron chi connectivity index (χ2n) is 9.47. The molecule has 6 heteroatoms. The van der Waals surface area contributed by atoms with Gasteiger partial charge in [-0.2, -0.15) is 0 Å². The first kappa shape index (κ1) is 18.4. The van der Waals surface area contributed by atoms with Gasteiger partial charge in [-0.3, -0.25) is 4.79 Å². The van der Waals surface area contributed by atoms with Crippen molar-refractivity contribution in [2.45, 2.75) is 77.8 Å². The molecule has 3 heterocycles. The quantitative estimate of drug-likeness (QED) is 0.860. The average Bonchev–Trinajstić information content (AvgIpc) is 3.36. The fourth-order valence-electron chi connectivity index (χ4n) is 3.95. The normalized spacial score (nSPS) is 23.6. The maximum absolute atomic E-state index is 13.2. The average molecular weight is 370 g/mol. The summed E-state index contributed by atoms with van der Waals surface area (Å²) in [5.74, 6) is 0.428. The third kappa shape index (κ3) is 4.15. The SMILES string of the molecule is CC1CC(NC(=O)c2cc(C3CC3)nc3onc(CC(C)(C)C)c23)CCN1. The molecule has 4 rings (SSSR count). The van der Waals surface area contributed by atoms with Gasteiger partial charge in [-0.05, 0) is 57.1 Å². The van der Waals surface area contributed by atoms with Crippen LogP contribution < -0.4 is 10.6 Å². The second-order valence-corrected chi connectivity index (χ2v) is 9.47. The first-order valence-corrected chi connectivity index (χ1v) is 10.1. The summed E-state index contributed by atoms with van der Waals surface area (Å²) in [6.07, 6.45) is 4.92. The Bertz CT molecular complexity index is 848. The van der Waals surface area contributed by atoms with Gasteiger partial charge in [0.2, 0.25) is 0 Å². The summed E-state index contributed by atoms with van der Waals surface area (Å²) in [7, 11) is 0. The minimum Gasteiger partial charge on any atom is -0.349 e. The van der Waals surface area contributed by atoms with Crippen LogP contribution in [0, 0.1) is 5.41 Å². The molecule has 0 aromatic carbocycles. The third-order valence-electron chi connectivity index (χ3n) is 5.43. The van der Waals surface area contributed by atoms with Gasteiger partial charge in [-0.15, -0.1) is 0 Å². The molecular formula is C21H30N4O2. The summed E-state index contributed by atoms with van der Waals surface area (Å²) in [6.45, 7) is 9.59. The van der Waals surface area contributed by atoms with Gasteiger partial charge in [-0.25, -0.2) is 4.98 Å². The molecule has 2 aliphatic rings. The van der Waals surface area contributed by atoms with Gasteiger partial charge in [0.25, 0.3) is 11.6 Å². The van der Waals surface area contributed by atoms with Crippen molar-refractivity contribution in [2.75, 3.05) is 6.54 Å². The van der Waals surface area contributed by atoms with E-state index >= 15 is 0 Å². The van der Waals surface area contributed by atoms with Crippen LogP contribution in [0.15, 0.2) is 10.6 Å². The van der Waals surface area contributed by atoms with Crippen molar-refractivity contribution in [3.63, 3.8) is 0 Å². The number of carbonyl (C=O) groups is 1. The standard InChI is InChI=1S/C21H30N4O2/c1-12-9-14(7-8-22-12)23-19(26)15-10-16(13-5-6-13)24-20-18(15)17(25-27-20)11-21(2,3)4/h10,12-14,22H,5-9,11H2,1-4H3,(H,23,26). The highest BCUT2D eigenvalue weighted by molar-refractivity contribution is 6.06. The number of nitrogens with one attached hydrogen (secondary N) is 2. The van der Waals surface area contributed by atoms with Gasteiger partial charge in [0.15, 0.2) is 0 Å². The van der Waals surface area contributed by atoms with Gasteiger partial charge in [0, 0.05) is 23.7 Å². The molecule has 1 saturated carbocycles. The number of amides is 1. The number of pyridine rings is 1. The van der Waals surface area contributed by atoms with E-state index in [2.05, 4.69) is 48.5 Å². The van der Waals surface area contributed by atoms with E-state index in [4.69, 9.17) is 4.52 Å². The van der Waals surface area contributed by atoms with Gasteiger partial charge in [0.05, 0.1) is 16.6 Å². The first-order valence-electron chi connectivity index (χ1n) is 10.1. The Morgan fingerprint density at radius 1 is 1.33 bits per heavy atom. The molecule has 0 spiro atoms. The number of carbonyl (C=O) groups excluding carboxylic acids is 1. The Morgan fingerprint density at radius 2 is 2.11 bits per heavy atom. The van der Waals surface area contributed by atoms with Crippen LogP contribution in [0.3, 0.4) is 0 Å². The maximum atomic E-state index is 13.2. The van der Waals surface area contributed by atoms with Crippen LogP contribution >= 0.6 is 0 Å². The molecule has 146 valence electrons. The summed E-state index contributed by atoms with van der Waals surface area (Å²) in [5.41, 5.74) is 3.02. The van der Waals surface area contributed by atoms with Gasteiger partial charge < -0.3 is 15.2 Å². The second kappa shape index (κ2) is 6.89. The topological polar surface area (TPSA) is 80.1 Å². The predicted molar refractivity (Wildman–Crippen MR) is 105 cm³/mol. The van der Waals surface area contributed by atoms with Gasteiger partial charge >= 0.3 is 0 Å². The molecule has 2 fully saturated rings. The zero-order valence-corrected chi connectivity index (χ0v) is 16.8. The third-order valence-corrected chi connectivity index (χ3v) is 5.43. The Kier molecular flexibility index (Phi) is 4.70. The van der Waals surface area contributed by atoms with E-state index in [9.17, 15) is 4.79 Å². The first-order chi connectivity index (χ1) is 12.8. The van der Waals surface area contributed by atoms with Crippen LogP contribution in [0.4, 0.5) is 0 Å². The van der Waals surface area contributed by atoms with E-state index in [1.165, 1.54) is 0 Å². The van der Waals surface area contributed by atoms with E-state index in [-0.39, 0.29) is 17.4 Å². The van der Waals surface area contributed by atoms with Crippen molar-refractivity contribution in [3.05, 3.63) is 23.0 Å². The highest BCUT2D eigenvalue weighted by Crippen LogP contribution is 2.41. The van der Waals surface area contributed by atoms with Crippen molar-refractivity contribution in [1.82, 2.24) is 20.8 Å². The lowest BCUT2D eigenvalue weighted by atomic mass is 9.89. The molecule has 2 aromatic heterocycles. The highest BCUT2D eigenvalue weighted by atomic mass is 16.5. The summed E-state index contributed by atoms with van der Waals surface area (Å²) in [4.78, 5) is 17.9. The predicted octanol–water partition coefficient (Wildman–Crippen LogP) is 3.56. The molecule has 2 N–H and O–H groups in total. The number of fused-ring (bicyclic) bond motifs is 1. The van der Waals surface area contributed by atoms with Crippen molar-refractivity contribution in [2.24, 2.45) is 5.41 Å². The van der Waals surface area contributed by atoms with Crippen LogP contribution in [-0.4, -0.2) is 34.7 Å². The van der Waals surface area contributed by atoms with Gasteiger partial charge in [-0.1, -0.05) is 25.9 Å². The van der Waals surface area contributed by atoms with E-state index in [1.807, 2.05) is 6.07 Å². The number of nitrogens with zero attached hydrogens (tertiary/aromatic N) is 2. The number of rotatable bonds is 4. The summed E-state index contributed by atoms with van der Waals surface area (Å²) >= 11 is 0. The molecule has 2 aromatic rings. The van der Waals surface area contributed by atoms with Gasteiger partial charge in [0.1, 0.15) is 0 Å². The largest absolute Gasteiger partial charge is 0.349 e. The Morgan fingerprint density at radius 3 is 2.78 bits per heavy atom. The summed E-state index contributed by atoms with van der Waals surface area (Å²) < 4.78 is 5.56.